The van der Waals surface area contributed by atoms with E-state index >= 15 is 0 Å². The molecule has 4 N–H and O–H groups in total. The Balaban J connectivity index is 1.93. The maximum absolute atomic E-state index is 13.5. The first-order valence-corrected chi connectivity index (χ1v) is 10.8. The minimum atomic E-state index is -3.88. The zero-order chi connectivity index (χ0) is 21.5. The first-order chi connectivity index (χ1) is 14.3. The van der Waals surface area contributed by atoms with E-state index in [-0.39, 0.29) is 10.9 Å². The van der Waals surface area contributed by atoms with Crippen LogP contribution in [0.4, 0.5) is 0 Å². The van der Waals surface area contributed by atoms with E-state index in [1.54, 1.807) is 43.3 Å². The van der Waals surface area contributed by atoms with E-state index in [4.69, 9.17) is 22.7 Å². The van der Waals surface area contributed by atoms with Crippen LogP contribution in [0.1, 0.15) is 12.5 Å². The molecule has 7 nitrogen and oxygen atoms in total. The molecule has 0 spiro atoms. The molecule has 0 aliphatic rings. The number of hydrazone groups is 1. The Kier molecular flexibility index (Phi) is 4.97. The van der Waals surface area contributed by atoms with Gasteiger partial charge in [-0.15, -0.1) is 0 Å². The maximum atomic E-state index is 13.5. The molecule has 0 fully saturated rings. The number of guanidine groups is 1. The SMILES string of the molecule is C/C(=N/NC(=N)N)c1cn(S(=O)(=O)c2ccc3ccccc3c2)c2ccc(Cl)cc12. The highest BCUT2D eigenvalue weighted by Crippen LogP contribution is 2.30. The molecule has 0 bridgehead atoms. The van der Waals surface area contributed by atoms with Gasteiger partial charge in [0.1, 0.15) is 0 Å². The molecule has 4 rings (SSSR count). The van der Waals surface area contributed by atoms with Crippen LogP contribution >= 0.6 is 11.6 Å². The van der Waals surface area contributed by atoms with E-state index in [0.29, 0.717) is 27.2 Å². The topological polar surface area (TPSA) is 113 Å². The second-order valence-corrected chi connectivity index (χ2v) is 8.99. The summed E-state index contributed by atoms with van der Waals surface area (Å²) in [5, 5.41) is 14.2. The molecule has 0 amide bonds. The van der Waals surface area contributed by atoms with Crippen molar-refractivity contribution in [2.24, 2.45) is 10.8 Å². The number of hydrogen-bond donors (Lipinski definition) is 3. The molecule has 1 heterocycles. The molecule has 1 aromatic heterocycles. The number of hydrogen-bond acceptors (Lipinski definition) is 4. The van der Waals surface area contributed by atoms with Crippen LogP contribution in [-0.2, 0) is 10.0 Å². The molecule has 4 aromatic rings. The normalized spacial score (nSPS) is 12.4. The predicted molar refractivity (Wildman–Crippen MR) is 121 cm³/mol. The lowest BCUT2D eigenvalue weighted by Crippen LogP contribution is -2.26. The number of fused-ring (bicyclic) bond motifs is 2. The number of rotatable bonds is 4. The van der Waals surface area contributed by atoms with Crippen LogP contribution in [0.3, 0.4) is 0 Å². The fourth-order valence-corrected chi connectivity index (χ4v) is 4.88. The molecule has 0 atom stereocenters. The molecule has 0 unspecified atom stereocenters. The lowest BCUT2D eigenvalue weighted by Gasteiger charge is -2.09. The van der Waals surface area contributed by atoms with Gasteiger partial charge in [0.25, 0.3) is 10.0 Å². The summed E-state index contributed by atoms with van der Waals surface area (Å²) in [6.45, 7) is 1.69. The van der Waals surface area contributed by atoms with Crippen LogP contribution in [-0.4, -0.2) is 24.1 Å². The summed E-state index contributed by atoms with van der Waals surface area (Å²) in [5.41, 5.74) is 9.17. The van der Waals surface area contributed by atoms with Gasteiger partial charge in [0, 0.05) is 22.2 Å². The first-order valence-electron chi connectivity index (χ1n) is 8.97. The van der Waals surface area contributed by atoms with Crippen molar-refractivity contribution < 1.29 is 8.42 Å². The lowest BCUT2D eigenvalue weighted by atomic mass is 10.1. The highest BCUT2D eigenvalue weighted by molar-refractivity contribution is 7.90. The number of aromatic nitrogens is 1. The van der Waals surface area contributed by atoms with Gasteiger partial charge < -0.3 is 5.73 Å². The maximum Gasteiger partial charge on any atom is 0.268 e. The molecule has 0 saturated heterocycles. The van der Waals surface area contributed by atoms with Crippen molar-refractivity contribution in [3.8, 4) is 0 Å². The largest absolute Gasteiger partial charge is 0.369 e. The molecular formula is C21H18ClN5O2S. The van der Waals surface area contributed by atoms with Crippen LogP contribution in [0.25, 0.3) is 21.7 Å². The summed E-state index contributed by atoms with van der Waals surface area (Å²) in [4.78, 5) is 0.177. The molecule has 30 heavy (non-hydrogen) atoms. The second-order valence-electron chi connectivity index (χ2n) is 6.74. The average Bonchev–Trinajstić information content (AvgIpc) is 3.11. The number of nitrogens with two attached hydrogens (primary N) is 1. The van der Waals surface area contributed by atoms with Crippen molar-refractivity contribution in [1.29, 1.82) is 5.41 Å². The fourth-order valence-electron chi connectivity index (χ4n) is 3.31. The van der Waals surface area contributed by atoms with Gasteiger partial charge in [-0.2, -0.15) is 5.10 Å². The van der Waals surface area contributed by atoms with E-state index in [0.717, 1.165) is 10.8 Å². The first kappa shape index (κ1) is 19.9. The lowest BCUT2D eigenvalue weighted by molar-refractivity contribution is 0.589. The smallest absolute Gasteiger partial charge is 0.268 e. The highest BCUT2D eigenvalue weighted by Gasteiger charge is 2.22. The van der Waals surface area contributed by atoms with Crippen molar-refractivity contribution in [2.45, 2.75) is 11.8 Å². The molecule has 3 aromatic carbocycles. The Hall–Kier alpha value is -3.36. The molecule has 0 aliphatic heterocycles. The molecular weight excluding hydrogens is 422 g/mol. The quantitative estimate of drug-likeness (QED) is 0.254. The summed E-state index contributed by atoms with van der Waals surface area (Å²) in [7, 11) is -3.88. The zero-order valence-electron chi connectivity index (χ0n) is 15.9. The van der Waals surface area contributed by atoms with Crippen LogP contribution in [0, 0.1) is 5.41 Å². The summed E-state index contributed by atoms with van der Waals surface area (Å²) >= 11 is 6.16. The van der Waals surface area contributed by atoms with Crippen LogP contribution in [0.5, 0.6) is 0 Å². The van der Waals surface area contributed by atoms with Gasteiger partial charge in [0.2, 0.25) is 5.96 Å². The van der Waals surface area contributed by atoms with E-state index in [1.807, 2.05) is 24.3 Å². The Morgan fingerprint density at radius 3 is 2.57 bits per heavy atom. The fraction of sp³-hybridized carbons (Fsp3) is 0.0476. The minimum absolute atomic E-state index is 0.177. The van der Waals surface area contributed by atoms with Gasteiger partial charge in [-0.05, 0) is 48.0 Å². The van der Waals surface area contributed by atoms with Crippen molar-refractivity contribution in [3.05, 3.63) is 77.4 Å². The Labute approximate surface area is 178 Å². The van der Waals surface area contributed by atoms with Gasteiger partial charge in [0.15, 0.2) is 0 Å². The summed E-state index contributed by atoms with van der Waals surface area (Å²) in [6.07, 6.45) is 1.51. The van der Waals surface area contributed by atoms with Gasteiger partial charge in [0.05, 0.1) is 16.1 Å². The minimum Gasteiger partial charge on any atom is -0.369 e. The van der Waals surface area contributed by atoms with Gasteiger partial charge >= 0.3 is 0 Å². The zero-order valence-corrected chi connectivity index (χ0v) is 17.5. The third kappa shape index (κ3) is 3.51. The van der Waals surface area contributed by atoms with Crippen LogP contribution in [0.15, 0.2) is 76.9 Å². The number of nitrogens with zero attached hydrogens (tertiary/aromatic N) is 2. The molecule has 0 radical (unpaired) electrons. The van der Waals surface area contributed by atoms with Crippen LogP contribution < -0.4 is 11.2 Å². The Morgan fingerprint density at radius 2 is 1.83 bits per heavy atom. The molecule has 152 valence electrons. The van der Waals surface area contributed by atoms with Gasteiger partial charge in [-0.25, -0.2) is 17.8 Å². The van der Waals surface area contributed by atoms with Crippen molar-refractivity contribution in [3.63, 3.8) is 0 Å². The second kappa shape index (κ2) is 7.47. The predicted octanol–water partition coefficient (Wildman–Crippen LogP) is 3.89. The van der Waals surface area contributed by atoms with E-state index < -0.39 is 10.0 Å². The van der Waals surface area contributed by atoms with Crippen molar-refractivity contribution >= 4 is 55.0 Å². The van der Waals surface area contributed by atoms with Gasteiger partial charge in [-0.3, -0.25) is 5.41 Å². The van der Waals surface area contributed by atoms with Gasteiger partial charge in [-0.1, -0.05) is 41.9 Å². The van der Waals surface area contributed by atoms with E-state index in [2.05, 4.69) is 10.5 Å². The standard InChI is InChI=1S/C21H18ClN5O2S/c1-13(25-26-21(23)24)19-12-27(20-9-7-16(22)11-18(19)20)30(28,29)17-8-6-14-4-2-3-5-15(14)10-17/h2-12H,1H3,(H4,23,24,26)/b25-13-. The number of benzene rings is 3. The Bertz CT molecular complexity index is 1440. The molecule has 0 aliphatic carbocycles. The summed E-state index contributed by atoms with van der Waals surface area (Å²) < 4.78 is 28.2. The number of nitrogens with one attached hydrogen (secondary N) is 2. The highest BCUT2D eigenvalue weighted by atomic mass is 35.5. The summed E-state index contributed by atoms with van der Waals surface area (Å²) in [6, 6.07) is 17.6. The number of halogens is 1. The van der Waals surface area contributed by atoms with E-state index in [1.165, 1.54) is 10.2 Å². The van der Waals surface area contributed by atoms with Crippen molar-refractivity contribution in [2.75, 3.05) is 0 Å². The monoisotopic (exact) mass is 439 g/mol. The third-order valence-corrected chi connectivity index (χ3v) is 6.65. The van der Waals surface area contributed by atoms with Crippen molar-refractivity contribution in [1.82, 2.24) is 9.40 Å². The third-order valence-electron chi connectivity index (χ3n) is 4.74. The summed E-state index contributed by atoms with van der Waals surface area (Å²) in [5.74, 6) is -0.320. The average molecular weight is 440 g/mol. The Morgan fingerprint density at radius 1 is 1.10 bits per heavy atom. The van der Waals surface area contributed by atoms with Crippen LogP contribution in [0.2, 0.25) is 5.02 Å². The molecule has 0 saturated carbocycles. The molecule has 9 heteroatoms. The van der Waals surface area contributed by atoms with E-state index in [9.17, 15) is 8.42 Å².